The maximum absolute atomic E-state index is 10.3. The summed E-state index contributed by atoms with van der Waals surface area (Å²) in [7, 11) is 0. The summed E-state index contributed by atoms with van der Waals surface area (Å²) in [5, 5.41) is 23.7. The maximum atomic E-state index is 10.3. The summed E-state index contributed by atoms with van der Waals surface area (Å²) < 4.78 is 0.859. The molecule has 0 unspecified atom stereocenters. The van der Waals surface area contributed by atoms with Crippen LogP contribution in [0.15, 0.2) is 0 Å². The highest BCUT2D eigenvalue weighted by atomic mass is 16.6. The van der Waals surface area contributed by atoms with Gasteiger partial charge in [0.25, 0.3) is 0 Å². The van der Waals surface area contributed by atoms with Crippen molar-refractivity contribution in [3.05, 3.63) is 20.2 Å². The minimum absolute atomic E-state index is 0.164. The van der Waals surface area contributed by atoms with Gasteiger partial charge in [-0.25, -0.2) is 0 Å². The average Bonchev–Trinajstić information content (AvgIpc) is 2.47. The van der Waals surface area contributed by atoms with Crippen molar-refractivity contribution in [1.29, 1.82) is 0 Å². The summed E-state index contributed by atoms with van der Waals surface area (Å²) in [6.07, 6.45) is 0. The Morgan fingerprint density at radius 1 is 1.38 bits per heavy atom. The van der Waals surface area contributed by atoms with Gasteiger partial charge in [-0.2, -0.15) is 0 Å². The Bertz CT molecular complexity index is 357. The van der Waals surface area contributed by atoms with Crippen LogP contribution in [0.3, 0.4) is 0 Å². The zero-order valence-electron chi connectivity index (χ0n) is 6.58. The maximum Gasteiger partial charge on any atom is 0.508 e. The monoisotopic (exact) mass is 187 g/mol. The van der Waals surface area contributed by atoms with E-state index < -0.39 is 21.7 Å². The number of rotatable bonds is 3. The van der Waals surface area contributed by atoms with Crippen molar-refractivity contribution in [1.82, 2.24) is 14.8 Å². The van der Waals surface area contributed by atoms with Gasteiger partial charge in [0.1, 0.15) is 6.54 Å². The van der Waals surface area contributed by atoms with Crippen LogP contribution >= 0.6 is 0 Å². The number of nitro groups is 2. The standard InChI is InChI=1S/C4H5N5O4/c1-2-7-4(9(12)13)5-3(6-7)8(10)11/h2H2,1H3. The molecule has 0 radical (unpaired) electrons. The van der Waals surface area contributed by atoms with E-state index in [0.29, 0.717) is 0 Å². The van der Waals surface area contributed by atoms with Crippen molar-refractivity contribution in [3.63, 3.8) is 0 Å². The molecule has 0 amide bonds. The second kappa shape index (κ2) is 3.13. The van der Waals surface area contributed by atoms with Crippen LogP contribution in [0.2, 0.25) is 0 Å². The Morgan fingerprint density at radius 2 is 2.00 bits per heavy atom. The van der Waals surface area contributed by atoms with Crippen LogP contribution in [-0.2, 0) is 6.54 Å². The molecule has 1 heterocycles. The molecule has 0 saturated carbocycles. The molecule has 1 aromatic heterocycles. The summed E-state index contributed by atoms with van der Waals surface area (Å²) >= 11 is 0. The molecule has 0 aliphatic heterocycles. The van der Waals surface area contributed by atoms with E-state index in [1.807, 2.05) is 0 Å². The summed E-state index contributed by atoms with van der Waals surface area (Å²) in [4.78, 5) is 21.9. The Labute approximate surface area is 71.3 Å². The van der Waals surface area contributed by atoms with Crippen LogP contribution in [0.1, 0.15) is 6.92 Å². The molecule has 9 nitrogen and oxygen atoms in total. The number of nitrogens with zero attached hydrogens (tertiary/aromatic N) is 5. The molecule has 0 aliphatic rings. The number of hydrogen-bond acceptors (Lipinski definition) is 6. The lowest BCUT2D eigenvalue weighted by Crippen LogP contribution is -2.02. The molecule has 1 rings (SSSR count). The smallest absolute Gasteiger partial charge is 0.390 e. The lowest BCUT2D eigenvalue weighted by atomic mass is 10.7. The minimum atomic E-state index is -0.876. The highest BCUT2D eigenvalue weighted by Gasteiger charge is 2.26. The molecule has 0 aliphatic carbocycles. The van der Waals surface area contributed by atoms with Crippen molar-refractivity contribution in [2.24, 2.45) is 0 Å². The first-order valence-electron chi connectivity index (χ1n) is 3.30. The Kier molecular flexibility index (Phi) is 2.17. The molecule has 0 N–H and O–H groups in total. The molecule has 0 atom stereocenters. The van der Waals surface area contributed by atoms with E-state index in [-0.39, 0.29) is 6.54 Å². The molecule has 9 heteroatoms. The molecule has 0 saturated heterocycles. The zero-order valence-corrected chi connectivity index (χ0v) is 6.58. The highest BCUT2D eigenvalue weighted by molar-refractivity contribution is 5.13. The topological polar surface area (TPSA) is 117 Å². The molecule has 1 aromatic rings. The fraction of sp³-hybridized carbons (Fsp3) is 0.500. The van der Waals surface area contributed by atoms with Gasteiger partial charge in [-0.1, -0.05) is 4.68 Å². The van der Waals surface area contributed by atoms with E-state index in [4.69, 9.17) is 0 Å². The van der Waals surface area contributed by atoms with Crippen LogP contribution < -0.4 is 0 Å². The lowest BCUT2D eigenvalue weighted by molar-refractivity contribution is -0.403. The third kappa shape index (κ3) is 1.58. The van der Waals surface area contributed by atoms with Gasteiger partial charge >= 0.3 is 11.9 Å². The third-order valence-corrected chi connectivity index (χ3v) is 1.27. The Morgan fingerprint density at radius 3 is 2.31 bits per heavy atom. The van der Waals surface area contributed by atoms with E-state index in [1.54, 1.807) is 6.92 Å². The second-order valence-electron chi connectivity index (χ2n) is 2.04. The highest BCUT2D eigenvalue weighted by Crippen LogP contribution is 2.12. The Balaban J connectivity index is 3.19. The summed E-state index contributed by atoms with van der Waals surface area (Å²) in [5.41, 5.74) is 0. The van der Waals surface area contributed by atoms with E-state index in [9.17, 15) is 20.2 Å². The number of aryl methyl sites for hydroxylation is 1. The average molecular weight is 187 g/mol. The minimum Gasteiger partial charge on any atom is -0.390 e. The number of hydrogen-bond donors (Lipinski definition) is 0. The van der Waals surface area contributed by atoms with Gasteiger partial charge in [0.05, 0.1) is 5.10 Å². The van der Waals surface area contributed by atoms with Gasteiger partial charge in [-0.3, -0.25) is 0 Å². The van der Waals surface area contributed by atoms with Crippen molar-refractivity contribution < 1.29 is 9.85 Å². The summed E-state index contributed by atoms with van der Waals surface area (Å²) in [6, 6.07) is 0. The van der Waals surface area contributed by atoms with E-state index in [1.165, 1.54) is 0 Å². The van der Waals surface area contributed by atoms with Gasteiger partial charge in [-0.15, -0.1) is 0 Å². The quantitative estimate of drug-likeness (QED) is 0.489. The summed E-state index contributed by atoms with van der Waals surface area (Å²) in [6.45, 7) is 1.74. The molecular weight excluding hydrogens is 182 g/mol. The molecular formula is C4H5N5O4. The van der Waals surface area contributed by atoms with Crippen molar-refractivity contribution >= 4 is 11.9 Å². The zero-order chi connectivity index (χ0) is 10.0. The molecule has 70 valence electrons. The van der Waals surface area contributed by atoms with Gasteiger partial charge in [-0.05, 0) is 16.8 Å². The molecule has 0 aromatic carbocycles. The largest absolute Gasteiger partial charge is 0.508 e. The number of aromatic nitrogens is 3. The second-order valence-corrected chi connectivity index (χ2v) is 2.04. The SMILES string of the molecule is CCn1nc([N+](=O)[O-])nc1[N+](=O)[O-]. The van der Waals surface area contributed by atoms with Crippen LogP contribution in [0.5, 0.6) is 0 Å². The molecule has 0 spiro atoms. The molecule has 13 heavy (non-hydrogen) atoms. The van der Waals surface area contributed by atoms with Crippen LogP contribution in [0.4, 0.5) is 11.9 Å². The van der Waals surface area contributed by atoms with Crippen LogP contribution in [0, 0.1) is 20.2 Å². The first-order chi connectivity index (χ1) is 6.06. The molecule has 0 fully saturated rings. The first-order valence-corrected chi connectivity index (χ1v) is 3.30. The van der Waals surface area contributed by atoms with Crippen molar-refractivity contribution in [3.8, 4) is 0 Å². The Hall–Kier alpha value is -2.06. The van der Waals surface area contributed by atoms with Crippen LogP contribution in [-0.4, -0.2) is 24.6 Å². The van der Waals surface area contributed by atoms with Gasteiger partial charge < -0.3 is 20.2 Å². The first kappa shape index (κ1) is 9.03. The fourth-order valence-electron chi connectivity index (χ4n) is 0.747. The predicted molar refractivity (Wildman–Crippen MR) is 39.0 cm³/mol. The third-order valence-electron chi connectivity index (χ3n) is 1.27. The molecule has 0 bridgehead atoms. The van der Waals surface area contributed by atoms with E-state index in [0.717, 1.165) is 4.68 Å². The van der Waals surface area contributed by atoms with Crippen molar-refractivity contribution in [2.45, 2.75) is 13.5 Å². The van der Waals surface area contributed by atoms with Crippen molar-refractivity contribution in [2.75, 3.05) is 0 Å². The van der Waals surface area contributed by atoms with E-state index in [2.05, 4.69) is 10.1 Å². The summed E-state index contributed by atoms with van der Waals surface area (Å²) in [5.74, 6) is -1.37. The van der Waals surface area contributed by atoms with Crippen LogP contribution in [0.25, 0.3) is 0 Å². The van der Waals surface area contributed by atoms with Gasteiger partial charge in [0.2, 0.25) is 0 Å². The lowest BCUT2D eigenvalue weighted by Gasteiger charge is -1.89. The fourth-order valence-corrected chi connectivity index (χ4v) is 0.747. The normalized spacial score (nSPS) is 9.92. The van der Waals surface area contributed by atoms with Gasteiger partial charge in [0, 0.05) is 4.98 Å². The van der Waals surface area contributed by atoms with Gasteiger partial charge in [0.15, 0.2) is 0 Å². The van der Waals surface area contributed by atoms with E-state index >= 15 is 0 Å². The predicted octanol–water partition coefficient (Wildman–Crippen LogP) is 0.114.